The molecule has 0 saturated carbocycles. The zero-order valence-electron chi connectivity index (χ0n) is 13.2. The Bertz CT molecular complexity index is 336. The molecule has 0 spiro atoms. The van der Waals surface area contributed by atoms with Crippen molar-refractivity contribution < 1.29 is 9.59 Å². The van der Waals surface area contributed by atoms with Crippen molar-refractivity contribution in [1.82, 2.24) is 20.4 Å². The van der Waals surface area contributed by atoms with Crippen molar-refractivity contribution >= 4 is 11.8 Å². The zero-order chi connectivity index (χ0) is 15.2. The summed E-state index contributed by atoms with van der Waals surface area (Å²) in [5.41, 5.74) is -0.517. The second kappa shape index (κ2) is 7.59. The van der Waals surface area contributed by atoms with Gasteiger partial charge in [0, 0.05) is 32.7 Å². The van der Waals surface area contributed by atoms with Crippen molar-refractivity contribution in [2.75, 3.05) is 45.8 Å². The van der Waals surface area contributed by atoms with E-state index in [9.17, 15) is 9.59 Å². The number of nitrogens with zero attached hydrogens (tertiary/aromatic N) is 2. The van der Waals surface area contributed by atoms with Crippen LogP contribution in [0.2, 0.25) is 0 Å². The van der Waals surface area contributed by atoms with E-state index in [4.69, 9.17) is 0 Å². The lowest BCUT2D eigenvalue weighted by Gasteiger charge is -2.38. The maximum Gasteiger partial charge on any atom is 0.242 e. The average molecular weight is 284 g/mol. The Kier molecular flexibility index (Phi) is 6.42. The van der Waals surface area contributed by atoms with E-state index < -0.39 is 5.54 Å². The van der Waals surface area contributed by atoms with Crippen LogP contribution < -0.4 is 10.6 Å². The summed E-state index contributed by atoms with van der Waals surface area (Å²) < 4.78 is 0. The quantitative estimate of drug-likeness (QED) is 0.700. The molecule has 0 unspecified atom stereocenters. The van der Waals surface area contributed by atoms with E-state index in [0.717, 1.165) is 19.6 Å². The van der Waals surface area contributed by atoms with Gasteiger partial charge in [0.05, 0.1) is 12.1 Å². The SMILES string of the molecule is CCNC(=O)CN1CCN(C(=O)C(C)(C)NCC)CC1. The van der Waals surface area contributed by atoms with Gasteiger partial charge in [0.25, 0.3) is 0 Å². The number of nitrogens with one attached hydrogen (secondary N) is 2. The van der Waals surface area contributed by atoms with E-state index in [-0.39, 0.29) is 11.8 Å². The lowest BCUT2D eigenvalue weighted by Crippen LogP contribution is -2.59. The van der Waals surface area contributed by atoms with Gasteiger partial charge in [0.15, 0.2) is 0 Å². The predicted octanol–water partition coefficient (Wildman–Crippen LogP) is -0.345. The molecular formula is C14H28N4O2. The molecule has 0 aliphatic carbocycles. The fourth-order valence-corrected chi connectivity index (χ4v) is 2.48. The molecule has 0 bridgehead atoms. The Hall–Kier alpha value is -1.14. The lowest BCUT2D eigenvalue weighted by molar-refractivity contribution is -0.139. The van der Waals surface area contributed by atoms with Crippen molar-refractivity contribution in [3.8, 4) is 0 Å². The smallest absolute Gasteiger partial charge is 0.242 e. The maximum atomic E-state index is 12.4. The molecule has 1 saturated heterocycles. The molecule has 0 aromatic rings. The number of rotatable bonds is 6. The molecule has 1 rings (SSSR count). The number of hydrogen-bond acceptors (Lipinski definition) is 4. The van der Waals surface area contributed by atoms with Crippen LogP contribution in [0.3, 0.4) is 0 Å². The van der Waals surface area contributed by atoms with Gasteiger partial charge in [-0.1, -0.05) is 6.92 Å². The lowest BCUT2D eigenvalue weighted by atomic mass is 10.0. The standard InChI is InChI=1S/C14H28N4O2/c1-5-15-12(19)11-17-7-9-18(10-8-17)13(20)14(3,4)16-6-2/h16H,5-11H2,1-4H3,(H,15,19). The Morgan fingerprint density at radius 2 is 1.65 bits per heavy atom. The van der Waals surface area contributed by atoms with Crippen molar-refractivity contribution in [2.24, 2.45) is 0 Å². The maximum absolute atomic E-state index is 12.4. The molecule has 1 aliphatic heterocycles. The number of carbonyl (C=O) groups is 2. The molecule has 0 atom stereocenters. The molecule has 116 valence electrons. The minimum atomic E-state index is -0.517. The summed E-state index contributed by atoms with van der Waals surface area (Å²) in [5.74, 6) is 0.192. The molecule has 6 heteroatoms. The van der Waals surface area contributed by atoms with Gasteiger partial charge in [-0.2, -0.15) is 0 Å². The number of likely N-dealkylation sites (N-methyl/N-ethyl adjacent to an activating group) is 2. The van der Waals surface area contributed by atoms with Crippen LogP contribution in [-0.2, 0) is 9.59 Å². The van der Waals surface area contributed by atoms with Crippen LogP contribution >= 0.6 is 0 Å². The van der Waals surface area contributed by atoms with Crippen LogP contribution in [-0.4, -0.2) is 73.0 Å². The third-order valence-electron chi connectivity index (χ3n) is 3.55. The fraction of sp³-hybridized carbons (Fsp3) is 0.857. The van der Waals surface area contributed by atoms with Gasteiger partial charge in [-0.25, -0.2) is 0 Å². The fourth-order valence-electron chi connectivity index (χ4n) is 2.48. The molecule has 1 aliphatic rings. The normalized spacial score (nSPS) is 17.1. The highest BCUT2D eigenvalue weighted by Crippen LogP contribution is 2.11. The van der Waals surface area contributed by atoms with E-state index in [0.29, 0.717) is 26.2 Å². The minimum Gasteiger partial charge on any atom is -0.355 e. The third kappa shape index (κ3) is 4.76. The Morgan fingerprint density at radius 1 is 1.05 bits per heavy atom. The van der Waals surface area contributed by atoms with Crippen molar-refractivity contribution in [3.05, 3.63) is 0 Å². The number of hydrogen-bond donors (Lipinski definition) is 2. The van der Waals surface area contributed by atoms with Crippen molar-refractivity contribution in [3.63, 3.8) is 0 Å². The molecule has 6 nitrogen and oxygen atoms in total. The van der Waals surface area contributed by atoms with E-state index in [1.165, 1.54) is 0 Å². The van der Waals surface area contributed by atoms with Crippen LogP contribution in [0.5, 0.6) is 0 Å². The molecule has 0 aromatic heterocycles. The summed E-state index contributed by atoms with van der Waals surface area (Å²) in [6.45, 7) is 12.5. The van der Waals surface area contributed by atoms with Gasteiger partial charge in [-0.05, 0) is 27.3 Å². The first kappa shape index (κ1) is 16.9. The van der Waals surface area contributed by atoms with Gasteiger partial charge < -0.3 is 15.5 Å². The number of carbonyl (C=O) groups excluding carboxylic acids is 2. The van der Waals surface area contributed by atoms with Gasteiger partial charge in [0.1, 0.15) is 0 Å². The zero-order valence-corrected chi connectivity index (χ0v) is 13.2. The van der Waals surface area contributed by atoms with Gasteiger partial charge in [-0.3, -0.25) is 14.5 Å². The molecule has 2 amide bonds. The van der Waals surface area contributed by atoms with Gasteiger partial charge in [-0.15, -0.1) is 0 Å². The first-order valence-electron chi connectivity index (χ1n) is 7.44. The van der Waals surface area contributed by atoms with E-state index in [1.807, 2.05) is 32.6 Å². The van der Waals surface area contributed by atoms with Crippen LogP contribution in [0.4, 0.5) is 0 Å². The summed E-state index contributed by atoms with van der Waals surface area (Å²) in [7, 11) is 0. The minimum absolute atomic E-state index is 0.0558. The summed E-state index contributed by atoms with van der Waals surface area (Å²) in [4.78, 5) is 27.9. The highest BCUT2D eigenvalue weighted by Gasteiger charge is 2.32. The Labute approximate surface area is 121 Å². The Morgan fingerprint density at radius 3 is 2.15 bits per heavy atom. The van der Waals surface area contributed by atoms with Crippen LogP contribution in [0.15, 0.2) is 0 Å². The molecule has 1 fully saturated rings. The van der Waals surface area contributed by atoms with Crippen molar-refractivity contribution in [2.45, 2.75) is 33.2 Å². The Balaban J connectivity index is 2.42. The van der Waals surface area contributed by atoms with Crippen LogP contribution in [0.25, 0.3) is 0 Å². The monoisotopic (exact) mass is 284 g/mol. The van der Waals surface area contributed by atoms with Gasteiger partial charge >= 0.3 is 0 Å². The molecule has 20 heavy (non-hydrogen) atoms. The largest absolute Gasteiger partial charge is 0.355 e. The molecule has 0 radical (unpaired) electrons. The summed E-state index contributed by atoms with van der Waals surface area (Å²) in [6, 6.07) is 0. The summed E-state index contributed by atoms with van der Waals surface area (Å²) >= 11 is 0. The molecular weight excluding hydrogens is 256 g/mol. The number of piperazine rings is 1. The second-order valence-corrected chi connectivity index (χ2v) is 5.68. The first-order valence-corrected chi connectivity index (χ1v) is 7.44. The van der Waals surface area contributed by atoms with E-state index in [1.54, 1.807) is 0 Å². The topological polar surface area (TPSA) is 64.7 Å². The molecule has 0 aromatic carbocycles. The summed E-state index contributed by atoms with van der Waals surface area (Å²) in [6.07, 6.45) is 0. The average Bonchev–Trinajstić information content (AvgIpc) is 2.39. The summed E-state index contributed by atoms with van der Waals surface area (Å²) in [5, 5.41) is 6.01. The third-order valence-corrected chi connectivity index (χ3v) is 3.55. The van der Waals surface area contributed by atoms with Crippen LogP contribution in [0, 0.1) is 0 Å². The van der Waals surface area contributed by atoms with Crippen molar-refractivity contribution in [1.29, 1.82) is 0 Å². The molecule has 1 heterocycles. The van der Waals surface area contributed by atoms with E-state index >= 15 is 0 Å². The van der Waals surface area contributed by atoms with E-state index in [2.05, 4.69) is 15.5 Å². The second-order valence-electron chi connectivity index (χ2n) is 5.68. The predicted molar refractivity (Wildman–Crippen MR) is 79.5 cm³/mol. The first-order chi connectivity index (χ1) is 9.40. The number of amides is 2. The highest BCUT2D eigenvalue weighted by molar-refractivity contribution is 5.85. The van der Waals surface area contributed by atoms with Gasteiger partial charge in [0.2, 0.25) is 11.8 Å². The van der Waals surface area contributed by atoms with Crippen LogP contribution in [0.1, 0.15) is 27.7 Å². The molecule has 2 N–H and O–H groups in total. The highest BCUT2D eigenvalue weighted by atomic mass is 16.2.